The van der Waals surface area contributed by atoms with E-state index < -0.39 is 23.8 Å². The van der Waals surface area contributed by atoms with Crippen molar-refractivity contribution in [3.8, 4) is 0 Å². The van der Waals surface area contributed by atoms with Gasteiger partial charge in [-0.2, -0.15) is 0 Å². The predicted octanol–water partition coefficient (Wildman–Crippen LogP) is 0.403. The van der Waals surface area contributed by atoms with E-state index in [4.69, 9.17) is 18.9 Å². The van der Waals surface area contributed by atoms with Crippen LogP contribution in [0.5, 0.6) is 0 Å². The fraction of sp³-hybridized carbons (Fsp3) is 1.00. The molecule has 0 bridgehead atoms. The molecule has 3 fully saturated rings. The Kier molecular flexibility index (Phi) is 2.17. The maximum Gasteiger partial charge on any atom is 0.187 e. The number of aliphatic hydroxyl groups is 1. The molecule has 0 aromatic heterocycles. The lowest BCUT2D eigenvalue weighted by Crippen LogP contribution is -2.45. The van der Waals surface area contributed by atoms with Gasteiger partial charge in [-0.3, -0.25) is 0 Å². The first-order valence-corrected chi connectivity index (χ1v) is 5.73. The van der Waals surface area contributed by atoms with Crippen molar-refractivity contribution in [2.24, 2.45) is 0 Å². The lowest BCUT2D eigenvalue weighted by Gasteiger charge is -2.27. The number of hydrogen-bond acceptors (Lipinski definition) is 5. The highest BCUT2D eigenvalue weighted by Crippen LogP contribution is 2.54. The summed E-state index contributed by atoms with van der Waals surface area (Å²) in [4.78, 5) is 0. The van der Waals surface area contributed by atoms with E-state index in [2.05, 4.69) is 0 Å². The summed E-state index contributed by atoms with van der Waals surface area (Å²) in [7, 11) is 1.58. The van der Waals surface area contributed by atoms with Crippen LogP contribution >= 0.6 is 0 Å². The summed E-state index contributed by atoms with van der Waals surface area (Å²) in [6, 6.07) is 0. The molecule has 3 aliphatic rings. The fourth-order valence-corrected chi connectivity index (χ4v) is 3.24. The van der Waals surface area contributed by atoms with Gasteiger partial charge in [-0.25, -0.2) is 0 Å². The van der Waals surface area contributed by atoms with Crippen LogP contribution in [0.1, 0.15) is 26.7 Å². The lowest BCUT2D eigenvalue weighted by molar-refractivity contribution is -0.240. The Morgan fingerprint density at radius 3 is 2.75 bits per heavy atom. The van der Waals surface area contributed by atoms with Crippen molar-refractivity contribution in [1.82, 2.24) is 0 Å². The molecular weight excluding hydrogens is 212 g/mol. The average molecular weight is 230 g/mol. The zero-order chi connectivity index (χ0) is 11.6. The molecule has 5 atom stereocenters. The van der Waals surface area contributed by atoms with Crippen molar-refractivity contribution in [2.75, 3.05) is 7.11 Å². The maximum atomic E-state index is 9.91. The van der Waals surface area contributed by atoms with Gasteiger partial charge in [0.05, 0.1) is 6.10 Å². The molecule has 1 N–H and O–H groups in total. The van der Waals surface area contributed by atoms with Crippen molar-refractivity contribution in [3.05, 3.63) is 0 Å². The second-order valence-electron chi connectivity index (χ2n) is 5.26. The second kappa shape index (κ2) is 3.17. The second-order valence-corrected chi connectivity index (χ2v) is 5.26. The van der Waals surface area contributed by atoms with Gasteiger partial charge in [-0.05, 0) is 26.7 Å². The normalized spacial score (nSPS) is 54.0. The topological polar surface area (TPSA) is 57.2 Å². The summed E-state index contributed by atoms with van der Waals surface area (Å²) < 4.78 is 22.8. The quantitative estimate of drug-likeness (QED) is 0.706. The summed E-state index contributed by atoms with van der Waals surface area (Å²) in [6.45, 7) is 3.77. The SMILES string of the molecule is COC1O[C@@H]2[C@H](O)CC[C@@]23OC(C)(C)O[C@@H]13. The molecule has 1 spiro atoms. The minimum absolute atomic E-state index is 0.241. The Morgan fingerprint density at radius 2 is 2.06 bits per heavy atom. The summed E-state index contributed by atoms with van der Waals surface area (Å²) in [5, 5.41) is 9.91. The molecular formula is C11H18O5. The maximum absolute atomic E-state index is 9.91. The van der Waals surface area contributed by atoms with E-state index in [1.165, 1.54) is 0 Å². The van der Waals surface area contributed by atoms with Gasteiger partial charge in [0.15, 0.2) is 12.1 Å². The molecule has 0 aromatic rings. The number of aliphatic hydroxyl groups excluding tert-OH is 1. The van der Waals surface area contributed by atoms with E-state index >= 15 is 0 Å². The summed E-state index contributed by atoms with van der Waals surface area (Å²) >= 11 is 0. The summed E-state index contributed by atoms with van der Waals surface area (Å²) in [5.74, 6) is -0.631. The largest absolute Gasteiger partial charge is 0.390 e. The lowest BCUT2D eigenvalue weighted by atomic mass is 9.95. The van der Waals surface area contributed by atoms with Crippen molar-refractivity contribution < 1.29 is 24.1 Å². The van der Waals surface area contributed by atoms with Crippen LogP contribution in [0.15, 0.2) is 0 Å². The predicted molar refractivity (Wildman–Crippen MR) is 53.7 cm³/mol. The standard InChI is InChI=1S/C11H18O5/c1-10(2)15-8-9(13-3)14-7-6(12)4-5-11(7,8)16-10/h6-9,12H,4-5H2,1-3H3/t6-,7-,8+,9?,11-/m1/s1. The smallest absolute Gasteiger partial charge is 0.187 e. The highest BCUT2D eigenvalue weighted by Gasteiger charge is 2.70. The van der Waals surface area contributed by atoms with E-state index in [1.54, 1.807) is 7.11 Å². The highest BCUT2D eigenvalue weighted by atomic mass is 16.8. The minimum atomic E-state index is -0.631. The van der Waals surface area contributed by atoms with E-state index in [9.17, 15) is 5.11 Å². The Labute approximate surface area is 94.6 Å². The van der Waals surface area contributed by atoms with E-state index in [1.807, 2.05) is 13.8 Å². The first-order chi connectivity index (χ1) is 7.48. The minimum Gasteiger partial charge on any atom is -0.390 e. The van der Waals surface area contributed by atoms with E-state index in [-0.39, 0.29) is 12.2 Å². The van der Waals surface area contributed by atoms with Crippen LogP contribution in [0.4, 0.5) is 0 Å². The van der Waals surface area contributed by atoms with Crippen LogP contribution in [0, 0.1) is 0 Å². The third kappa shape index (κ3) is 1.23. The molecule has 2 heterocycles. The van der Waals surface area contributed by atoms with E-state index in [0.29, 0.717) is 6.42 Å². The zero-order valence-corrected chi connectivity index (χ0v) is 9.80. The third-order valence-electron chi connectivity index (χ3n) is 3.75. The van der Waals surface area contributed by atoms with Crippen LogP contribution < -0.4 is 0 Å². The number of hydrogen-bond donors (Lipinski definition) is 1. The van der Waals surface area contributed by atoms with Gasteiger partial charge in [0.25, 0.3) is 0 Å². The van der Waals surface area contributed by atoms with Crippen molar-refractivity contribution >= 4 is 0 Å². The zero-order valence-electron chi connectivity index (χ0n) is 9.80. The van der Waals surface area contributed by atoms with Gasteiger partial charge in [-0.1, -0.05) is 0 Å². The third-order valence-corrected chi connectivity index (χ3v) is 3.75. The van der Waals surface area contributed by atoms with Crippen LogP contribution in [0.3, 0.4) is 0 Å². The van der Waals surface area contributed by atoms with Crippen molar-refractivity contribution in [2.45, 2.75) is 62.7 Å². The molecule has 1 unspecified atom stereocenters. The molecule has 1 saturated carbocycles. The Balaban J connectivity index is 1.96. The molecule has 0 radical (unpaired) electrons. The molecule has 2 aliphatic heterocycles. The Morgan fingerprint density at radius 1 is 1.31 bits per heavy atom. The van der Waals surface area contributed by atoms with Crippen LogP contribution in [-0.4, -0.2) is 48.2 Å². The van der Waals surface area contributed by atoms with Crippen molar-refractivity contribution in [1.29, 1.82) is 0 Å². The van der Waals surface area contributed by atoms with Crippen molar-refractivity contribution in [3.63, 3.8) is 0 Å². The van der Waals surface area contributed by atoms with Gasteiger partial charge in [0.1, 0.15) is 17.8 Å². The molecule has 1 aliphatic carbocycles. The average Bonchev–Trinajstić information content (AvgIpc) is 2.73. The summed E-state index contributed by atoms with van der Waals surface area (Å²) in [5.41, 5.74) is -0.524. The van der Waals surface area contributed by atoms with Gasteiger partial charge in [0, 0.05) is 7.11 Å². The molecule has 5 nitrogen and oxygen atoms in total. The monoisotopic (exact) mass is 230 g/mol. The number of ether oxygens (including phenoxy) is 4. The molecule has 0 amide bonds. The molecule has 5 heteroatoms. The first kappa shape index (κ1) is 10.9. The highest BCUT2D eigenvalue weighted by molar-refractivity contribution is 5.14. The van der Waals surface area contributed by atoms with Gasteiger partial charge in [0.2, 0.25) is 0 Å². The van der Waals surface area contributed by atoms with Gasteiger partial charge in [-0.15, -0.1) is 0 Å². The van der Waals surface area contributed by atoms with Crippen LogP contribution in [0.2, 0.25) is 0 Å². The molecule has 0 aromatic carbocycles. The Hall–Kier alpha value is -0.200. The molecule has 3 rings (SSSR count). The van der Waals surface area contributed by atoms with Gasteiger partial charge < -0.3 is 24.1 Å². The molecule has 92 valence electrons. The summed E-state index contributed by atoms with van der Waals surface area (Å²) in [6.07, 6.45) is -0.0511. The molecule has 2 saturated heterocycles. The van der Waals surface area contributed by atoms with Crippen LogP contribution in [0.25, 0.3) is 0 Å². The number of methoxy groups -OCH3 is 1. The number of rotatable bonds is 1. The van der Waals surface area contributed by atoms with E-state index in [0.717, 1.165) is 6.42 Å². The first-order valence-electron chi connectivity index (χ1n) is 5.73. The Bertz CT molecular complexity index is 305. The fourth-order valence-electron chi connectivity index (χ4n) is 3.24. The van der Waals surface area contributed by atoms with Crippen LogP contribution in [-0.2, 0) is 18.9 Å². The van der Waals surface area contributed by atoms with Gasteiger partial charge >= 0.3 is 0 Å². The molecule has 16 heavy (non-hydrogen) atoms.